The zero-order chi connectivity index (χ0) is 32.9. The van der Waals surface area contributed by atoms with E-state index < -0.39 is 33.3 Å². The molecule has 2 aromatic rings. The van der Waals surface area contributed by atoms with Crippen molar-refractivity contribution in [2.75, 3.05) is 17.2 Å². The van der Waals surface area contributed by atoms with Crippen LogP contribution in [-0.4, -0.2) is 38.5 Å². The van der Waals surface area contributed by atoms with E-state index in [1.807, 2.05) is 0 Å². The lowest BCUT2D eigenvalue weighted by atomic mass is 10.0. The molecule has 0 aromatic heterocycles. The van der Waals surface area contributed by atoms with Crippen molar-refractivity contribution in [2.45, 2.75) is 126 Å². The van der Waals surface area contributed by atoms with Crippen LogP contribution in [0.1, 0.15) is 117 Å². The molecule has 0 fully saturated rings. The molecule has 10 heteroatoms. The van der Waals surface area contributed by atoms with Crippen LogP contribution >= 0.6 is 0 Å². The molecule has 0 unspecified atom stereocenters. The summed E-state index contributed by atoms with van der Waals surface area (Å²) in [7, 11) is -4.02. The zero-order valence-electron chi connectivity index (χ0n) is 27.0. The van der Waals surface area contributed by atoms with Gasteiger partial charge in [0.25, 0.3) is 5.91 Å². The first kappa shape index (κ1) is 37.7. The van der Waals surface area contributed by atoms with Gasteiger partial charge in [0, 0.05) is 24.8 Å². The number of nitrogens with one attached hydrogen (secondary N) is 3. The fourth-order valence-corrected chi connectivity index (χ4v) is 6.33. The second kappa shape index (κ2) is 21.2. The molecule has 3 N–H and O–H groups in total. The van der Waals surface area contributed by atoms with E-state index >= 15 is 0 Å². The Morgan fingerprint density at radius 2 is 0.956 bits per heavy atom. The van der Waals surface area contributed by atoms with E-state index in [-0.39, 0.29) is 21.2 Å². The number of benzene rings is 2. The molecule has 0 radical (unpaired) electrons. The van der Waals surface area contributed by atoms with Crippen LogP contribution < -0.4 is 16.0 Å². The highest BCUT2D eigenvalue weighted by atomic mass is 32.2. The Bertz CT molecular complexity index is 1340. The van der Waals surface area contributed by atoms with Crippen LogP contribution in [-0.2, 0) is 29.0 Å². The monoisotopic (exact) mass is 641 g/mol. The molecule has 0 bridgehead atoms. The van der Waals surface area contributed by atoms with Crippen molar-refractivity contribution in [3.8, 4) is 0 Å². The molecular formula is C35H51N3O6S. The SMILES string of the molecule is CCCCCCCCCCCCCCCCCCNC(=O)C(=O)Nc1cccc(S(=O)(=O)c2cccc(NC(=O)C(C)=O)c2)c1. The molecule has 0 aliphatic heterocycles. The van der Waals surface area contributed by atoms with Gasteiger partial charge in [-0.1, -0.05) is 115 Å². The van der Waals surface area contributed by atoms with E-state index in [2.05, 4.69) is 22.9 Å². The first-order valence-corrected chi connectivity index (χ1v) is 18.0. The number of anilines is 2. The second-order valence-electron chi connectivity index (χ2n) is 11.6. The summed E-state index contributed by atoms with van der Waals surface area (Å²) in [4.78, 5) is 47.4. The summed E-state index contributed by atoms with van der Waals surface area (Å²) >= 11 is 0. The van der Waals surface area contributed by atoms with Crippen LogP contribution in [0.2, 0.25) is 0 Å². The van der Waals surface area contributed by atoms with Gasteiger partial charge in [-0.2, -0.15) is 0 Å². The Balaban J connectivity index is 1.64. The Morgan fingerprint density at radius 1 is 0.556 bits per heavy atom. The van der Waals surface area contributed by atoms with E-state index in [1.165, 1.54) is 132 Å². The van der Waals surface area contributed by atoms with E-state index in [0.29, 0.717) is 6.54 Å². The Labute approximate surface area is 269 Å². The fourth-order valence-electron chi connectivity index (χ4n) is 4.98. The minimum atomic E-state index is -4.02. The van der Waals surface area contributed by atoms with E-state index in [9.17, 15) is 27.6 Å². The summed E-state index contributed by atoms with van der Waals surface area (Å²) in [6.45, 7) is 3.76. The molecule has 45 heavy (non-hydrogen) atoms. The number of unbranched alkanes of at least 4 members (excludes halogenated alkanes) is 15. The maximum Gasteiger partial charge on any atom is 0.313 e. The normalized spacial score (nSPS) is 11.2. The van der Waals surface area contributed by atoms with Crippen LogP contribution in [0.25, 0.3) is 0 Å². The lowest BCUT2D eigenvalue weighted by Gasteiger charge is -2.10. The average Bonchev–Trinajstić information content (AvgIpc) is 3.02. The molecule has 2 aromatic carbocycles. The summed E-state index contributed by atoms with van der Waals surface area (Å²) in [6.07, 6.45) is 20.2. The van der Waals surface area contributed by atoms with Crippen molar-refractivity contribution in [3.63, 3.8) is 0 Å². The molecule has 0 atom stereocenters. The molecule has 9 nitrogen and oxygen atoms in total. The number of hydrogen-bond acceptors (Lipinski definition) is 6. The number of carbonyl (C=O) groups excluding carboxylic acids is 4. The summed E-state index contributed by atoms with van der Waals surface area (Å²) in [5.74, 6) is -3.23. The average molecular weight is 642 g/mol. The smallest absolute Gasteiger partial charge is 0.313 e. The lowest BCUT2D eigenvalue weighted by Crippen LogP contribution is -2.35. The predicted molar refractivity (Wildman–Crippen MR) is 179 cm³/mol. The minimum absolute atomic E-state index is 0.107. The summed E-state index contributed by atoms with van der Waals surface area (Å²) in [5, 5.41) is 7.43. The Morgan fingerprint density at radius 3 is 1.38 bits per heavy atom. The van der Waals surface area contributed by atoms with Crippen LogP contribution in [0.15, 0.2) is 58.3 Å². The summed E-state index contributed by atoms with van der Waals surface area (Å²) in [6, 6.07) is 11.1. The second-order valence-corrected chi connectivity index (χ2v) is 13.5. The van der Waals surface area contributed by atoms with Crippen molar-refractivity contribution >= 4 is 44.7 Å². The number of ketones is 1. The van der Waals surface area contributed by atoms with E-state index in [1.54, 1.807) is 0 Å². The van der Waals surface area contributed by atoms with Gasteiger partial charge < -0.3 is 16.0 Å². The van der Waals surface area contributed by atoms with Gasteiger partial charge in [-0.3, -0.25) is 19.2 Å². The molecule has 0 aliphatic carbocycles. The third kappa shape index (κ3) is 14.9. The van der Waals surface area contributed by atoms with Gasteiger partial charge in [0.2, 0.25) is 15.6 Å². The quantitative estimate of drug-likeness (QED) is 0.0907. The largest absolute Gasteiger partial charge is 0.348 e. The van der Waals surface area contributed by atoms with Crippen molar-refractivity contribution in [1.82, 2.24) is 5.32 Å². The molecule has 248 valence electrons. The zero-order valence-corrected chi connectivity index (χ0v) is 27.8. The van der Waals surface area contributed by atoms with E-state index in [0.717, 1.165) is 26.2 Å². The maximum atomic E-state index is 13.2. The van der Waals surface area contributed by atoms with Gasteiger partial charge in [0.1, 0.15) is 0 Å². The van der Waals surface area contributed by atoms with Gasteiger partial charge >= 0.3 is 11.8 Å². The third-order valence-corrected chi connectivity index (χ3v) is 9.40. The first-order chi connectivity index (χ1) is 21.6. The van der Waals surface area contributed by atoms with Crippen LogP contribution in [0.3, 0.4) is 0 Å². The number of amides is 3. The standard InChI is InChI=1S/C35H51N3O6S/c1-3-4-5-6-7-8-9-10-11-12-13-14-15-16-17-18-25-36-34(41)35(42)38-30-22-20-24-32(27-30)45(43,44)31-23-19-21-29(26-31)37-33(40)28(2)39/h19-24,26-27H,3-18,25H2,1-2H3,(H,36,41)(H,37,40)(H,38,42). The first-order valence-electron chi connectivity index (χ1n) is 16.5. The molecule has 0 spiro atoms. The number of hydrogen-bond donors (Lipinski definition) is 3. The highest BCUT2D eigenvalue weighted by Crippen LogP contribution is 2.25. The van der Waals surface area contributed by atoms with Gasteiger partial charge in [-0.05, 0) is 42.8 Å². The van der Waals surface area contributed by atoms with Crippen molar-refractivity contribution in [3.05, 3.63) is 48.5 Å². The van der Waals surface area contributed by atoms with Gasteiger partial charge in [0.05, 0.1) is 9.79 Å². The number of Topliss-reactive ketones (excluding diaryl/α,β-unsaturated/α-hetero) is 1. The predicted octanol–water partition coefficient (Wildman–Crippen LogP) is 7.36. The number of rotatable bonds is 22. The number of carbonyl (C=O) groups is 4. The van der Waals surface area contributed by atoms with Gasteiger partial charge in [0.15, 0.2) is 0 Å². The number of sulfone groups is 1. The summed E-state index contributed by atoms with van der Waals surface area (Å²) in [5.41, 5.74) is 0.307. The Hall–Kier alpha value is -3.53. The van der Waals surface area contributed by atoms with Crippen molar-refractivity contribution in [1.29, 1.82) is 0 Å². The molecular weight excluding hydrogens is 590 g/mol. The Kier molecular flexibility index (Phi) is 17.8. The maximum absolute atomic E-state index is 13.2. The van der Waals surface area contributed by atoms with Crippen LogP contribution in [0.4, 0.5) is 11.4 Å². The van der Waals surface area contributed by atoms with Gasteiger partial charge in [-0.25, -0.2) is 8.42 Å². The minimum Gasteiger partial charge on any atom is -0.348 e. The lowest BCUT2D eigenvalue weighted by molar-refractivity contribution is -0.136. The van der Waals surface area contributed by atoms with Crippen LogP contribution in [0, 0.1) is 0 Å². The van der Waals surface area contributed by atoms with Crippen molar-refractivity contribution < 1.29 is 27.6 Å². The summed E-state index contributed by atoms with van der Waals surface area (Å²) < 4.78 is 26.4. The van der Waals surface area contributed by atoms with Crippen LogP contribution in [0.5, 0.6) is 0 Å². The highest BCUT2D eigenvalue weighted by Gasteiger charge is 2.20. The highest BCUT2D eigenvalue weighted by molar-refractivity contribution is 7.91. The third-order valence-electron chi connectivity index (χ3n) is 7.65. The van der Waals surface area contributed by atoms with Crippen molar-refractivity contribution in [2.24, 2.45) is 0 Å². The topological polar surface area (TPSA) is 139 Å². The molecule has 0 heterocycles. The molecule has 0 saturated carbocycles. The molecule has 2 rings (SSSR count). The molecule has 0 saturated heterocycles. The molecule has 0 aliphatic rings. The fraction of sp³-hybridized carbons (Fsp3) is 0.543. The molecule has 3 amide bonds. The van der Waals surface area contributed by atoms with Gasteiger partial charge in [-0.15, -0.1) is 0 Å². The van der Waals surface area contributed by atoms with E-state index in [4.69, 9.17) is 0 Å².